The van der Waals surface area contributed by atoms with E-state index in [0.29, 0.717) is 0 Å². The Bertz CT molecular complexity index is 1250. The SMILES string of the molecule is Nc1ccc2c(c1)-c1ccccc1C21c2cc(N)ccc2-c2ccc(N)cc21. The van der Waals surface area contributed by atoms with Gasteiger partial charge in [-0.3, -0.25) is 0 Å². The average Bonchev–Trinajstić information content (AvgIpc) is 3.14. The molecule has 1 spiro atoms. The Kier molecular flexibility index (Phi) is 2.72. The van der Waals surface area contributed by atoms with Gasteiger partial charge in [-0.2, -0.15) is 0 Å². The van der Waals surface area contributed by atoms with Gasteiger partial charge in [-0.1, -0.05) is 42.5 Å². The van der Waals surface area contributed by atoms with E-state index >= 15 is 0 Å². The third-order valence-corrected chi connectivity index (χ3v) is 6.25. The fourth-order valence-corrected chi connectivity index (χ4v) is 5.24. The molecular weight excluding hydrogens is 342 g/mol. The number of nitrogen functional groups attached to an aromatic ring is 3. The van der Waals surface area contributed by atoms with Crippen LogP contribution in [0.2, 0.25) is 0 Å². The van der Waals surface area contributed by atoms with Crippen molar-refractivity contribution in [2.45, 2.75) is 5.41 Å². The zero-order valence-corrected chi connectivity index (χ0v) is 15.2. The van der Waals surface area contributed by atoms with E-state index in [2.05, 4.69) is 60.7 Å². The highest BCUT2D eigenvalue weighted by molar-refractivity contribution is 5.96. The normalized spacial score (nSPS) is 14.4. The van der Waals surface area contributed by atoms with E-state index in [0.717, 1.165) is 17.1 Å². The first-order valence-corrected chi connectivity index (χ1v) is 9.41. The lowest BCUT2D eigenvalue weighted by molar-refractivity contribution is 0.794. The zero-order valence-electron chi connectivity index (χ0n) is 15.2. The smallest absolute Gasteiger partial charge is 0.0727 e. The maximum Gasteiger partial charge on any atom is 0.0727 e. The predicted molar refractivity (Wildman–Crippen MR) is 116 cm³/mol. The summed E-state index contributed by atoms with van der Waals surface area (Å²) in [6.07, 6.45) is 0. The molecular formula is C25H19N3. The van der Waals surface area contributed by atoms with Gasteiger partial charge < -0.3 is 17.2 Å². The van der Waals surface area contributed by atoms with Crippen LogP contribution in [0.25, 0.3) is 22.3 Å². The third-order valence-electron chi connectivity index (χ3n) is 6.25. The van der Waals surface area contributed by atoms with Gasteiger partial charge in [0.1, 0.15) is 0 Å². The Labute approximate surface area is 163 Å². The molecule has 0 atom stereocenters. The van der Waals surface area contributed by atoms with Gasteiger partial charge in [0.05, 0.1) is 5.41 Å². The van der Waals surface area contributed by atoms with Crippen LogP contribution in [0.3, 0.4) is 0 Å². The van der Waals surface area contributed by atoms with Gasteiger partial charge in [-0.05, 0) is 80.9 Å². The number of anilines is 3. The van der Waals surface area contributed by atoms with E-state index in [-0.39, 0.29) is 0 Å². The van der Waals surface area contributed by atoms with Crippen molar-refractivity contribution in [1.82, 2.24) is 0 Å². The average molecular weight is 361 g/mol. The van der Waals surface area contributed by atoms with Gasteiger partial charge in [0, 0.05) is 17.1 Å². The largest absolute Gasteiger partial charge is 0.399 e. The highest BCUT2D eigenvalue weighted by atomic mass is 14.6. The molecule has 0 unspecified atom stereocenters. The Morgan fingerprint density at radius 3 is 1.61 bits per heavy atom. The molecule has 0 aromatic heterocycles. The standard InChI is InChI=1S/C25H19N3/c26-14-7-10-22-20(11-14)17-3-1-2-4-21(17)25(22)23-12-15(27)5-8-18(23)19-9-6-16(28)13-24(19)25/h1-13H,26-28H2. The molecule has 6 rings (SSSR count). The van der Waals surface area contributed by atoms with Crippen LogP contribution in [0, 0.1) is 0 Å². The lowest BCUT2D eigenvalue weighted by Gasteiger charge is -2.30. The summed E-state index contributed by atoms with van der Waals surface area (Å²) in [6, 6.07) is 27.3. The molecule has 4 aromatic carbocycles. The van der Waals surface area contributed by atoms with Crippen LogP contribution in [0.4, 0.5) is 17.1 Å². The van der Waals surface area contributed by atoms with E-state index in [4.69, 9.17) is 17.2 Å². The summed E-state index contributed by atoms with van der Waals surface area (Å²) in [7, 11) is 0. The molecule has 0 amide bonds. The van der Waals surface area contributed by atoms with Crippen molar-refractivity contribution in [1.29, 1.82) is 0 Å². The van der Waals surface area contributed by atoms with Crippen molar-refractivity contribution < 1.29 is 0 Å². The second-order valence-electron chi connectivity index (χ2n) is 7.71. The highest BCUT2D eigenvalue weighted by Gasteiger charge is 2.51. The van der Waals surface area contributed by atoms with Crippen LogP contribution >= 0.6 is 0 Å². The fraction of sp³-hybridized carbons (Fsp3) is 0.0400. The predicted octanol–water partition coefficient (Wildman–Crippen LogP) is 4.78. The fourth-order valence-electron chi connectivity index (χ4n) is 5.24. The summed E-state index contributed by atoms with van der Waals surface area (Å²) >= 11 is 0. The van der Waals surface area contributed by atoms with Gasteiger partial charge in [0.15, 0.2) is 0 Å². The molecule has 0 radical (unpaired) electrons. The second kappa shape index (κ2) is 4.96. The maximum absolute atomic E-state index is 6.27. The molecule has 0 fully saturated rings. The summed E-state index contributed by atoms with van der Waals surface area (Å²) < 4.78 is 0. The zero-order chi connectivity index (χ0) is 19.0. The van der Waals surface area contributed by atoms with Crippen LogP contribution in [0.15, 0.2) is 78.9 Å². The molecule has 28 heavy (non-hydrogen) atoms. The molecule has 3 heteroatoms. The van der Waals surface area contributed by atoms with Gasteiger partial charge in [-0.15, -0.1) is 0 Å². The molecule has 0 aliphatic heterocycles. The third kappa shape index (κ3) is 1.65. The van der Waals surface area contributed by atoms with Crippen molar-refractivity contribution in [2.24, 2.45) is 0 Å². The first-order valence-electron chi connectivity index (χ1n) is 9.41. The number of nitrogens with two attached hydrogens (primary N) is 3. The van der Waals surface area contributed by atoms with Crippen molar-refractivity contribution in [2.75, 3.05) is 17.2 Å². The van der Waals surface area contributed by atoms with Crippen LogP contribution in [0.1, 0.15) is 22.3 Å². The van der Waals surface area contributed by atoms with E-state index in [9.17, 15) is 0 Å². The van der Waals surface area contributed by atoms with E-state index in [1.54, 1.807) is 0 Å². The van der Waals surface area contributed by atoms with Crippen LogP contribution in [0.5, 0.6) is 0 Å². The summed E-state index contributed by atoms with van der Waals surface area (Å²) in [5.41, 5.74) is 30.3. The van der Waals surface area contributed by atoms with Crippen molar-refractivity contribution in [3.8, 4) is 22.3 Å². The molecule has 4 aromatic rings. The molecule has 134 valence electrons. The Hall–Kier alpha value is -3.72. The lowest BCUT2D eigenvalue weighted by atomic mass is 9.70. The molecule has 2 aliphatic carbocycles. The number of benzene rings is 4. The van der Waals surface area contributed by atoms with E-state index < -0.39 is 5.41 Å². The first kappa shape index (κ1) is 15.3. The Balaban J connectivity index is 1.87. The summed E-state index contributed by atoms with van der Waals surface area (Å²) in [4.78, 5) is 0. The number of hydrogen-bond donors (Lipinski definition) is 3. The second-order valence-corrected chi connectivity index (χ2v) is 7.71. The molecule has 2 aliphatic rings. The van der Waals surface area contributed by atoms with E-state index in [1.807, 2.05) is 18.2 Å². The monoisotopic (exact) mass is 361 g/mol. The maximum atomic E-state index is 6.27. The number of fused-ring (bicyclic) bond motifs is 10. The number of hydrogen-bond acceptors (Lipinski definition) is 3. The minimum absolute atomic E-state index is 0.422. The quantitative estimate of drug-likeness (QED) is 0.341. The van der Waals surface area contributed by atoms with Gasteiger partial charge in [0.2, 0.25) is 0 Å². The minimum atomic E-state index is -0.422. The minimum Gasteiger partial charge on any atom is -0.399 e. The lowest BCUT2D eigenvalue weighted by Crippen LogP contribution is -2.26. The Morgan fingerprint density at radius 2 is 0.929 bits per heavy atom. The van der Waals surface area contributed by atoms with Crippen molar-refractivity contribution in [3.05, 3.63) is 101 Å². The topological polar surface area (TPSA) is 78.1 Å². The van der Waals surface area contributed by atoms with Gasteiger partial charge >= 0.3 is 0 Å². The van der Waals surface area contributed by atoms with Crippen LogP contribution in [-0.2, 0) is 5.41 Å². The summed E-state index contributed by atoms with van der Waals surface area (Å²) in [5, 5.41) is 0. The van der Waals surface area contributed by atoms with Crippen LogP contribution < -0.4 is 17.2 Å². The van der Waals surface area contributed by atoms with Crippen molar-refractivity contribution >= 4 is 17.1 Å². The summed E-state index contributed by atoms with van der Waals surface area (Å²) in [6.45, 7) is 0. The molecule has 0 bridgehead atoms. The van der Waals surface area contributed by atoms with E-state index in [1.165, 1.54) is 44.5 Å². The molecule has 0 heterocycles. The van der Waals surface area contributed by atoms with Crippen molar-refractivity contribution in [3.63, 3.8) is 0 Å². The highest BCUT2D eigenvalue weighted by Crippen LogP contribution is 2.63. The number of rotatable bonds is 0. The Morgan fingerprint density at radius 1 is 0.429 bits per heavy atom. The summed E-state index contributed by atoms with van der Waals surface area (Å²) in [5.74, 6) is 0. The molecule has 6 N–H and O–H groups in total. The van der Waals surface area contributed by atoms with Gasteiger partial charge in [-0.25, -0.2) is 0 Å². The first-order chi connectivity index (χ1) is 13.6. The van der Waals surface area contributed by atoms with Crippen LogP contribution in [-0.4, -0.2) is 0 Å². The van der Waals surface area contributed by atoms with Gasteiger partial charge in [0.25, 0.3) is 0 Å². The molecule has 3 nitrogen and oxygen atoms in total. The molecule has 0 saturated heterocycles. The molecule has 0 saturated carbocycles.